The smallest absolute Gasteiger partial charge is 0.272 e. The van der Waals surface area contributed by atoms with E-state index in [0.717, 1.165) is 5.69 Å². The minimum atomic E-state index is -3.96. The van der Waals surface area contributed by atoms with Gasteiger partial charge < -0.3 is 4.57 Å². The van der Waals surface area contributed by atoms with Crippen LogP contribution in [0.2, 0.25) is 0 Å². The molecule has 156 valence electrons. The summed E-state index contributed by atoms with van der Waals surface area (Å²) in [7, 11) is -2.30. The fraction of sp³-hybridized carbons (Fsp3) is 0.211. The maximum atomic E-state index is 13.4. The number of fused-ring (bicyclic) bond motifs is 1. The van der Waals surface area contributed by atoms with Gasteiger partial charge in [0.15, 0.2) is 10.7 Å². The average Bonchev–Trinajstić information content (AvgIpc) is 3.27. The zero-order chi connectivity index (χ0) is 21.5. The van der Waals surface area contributed by atoms with Crippen molar-refractivity contribution in [1.29, 1.82) is 0 Å². The Kier molecular flexibility index (Phi) is 5.00. The van der Waals surface area contributed by atoms with Gasteiger partial charge in [0.2, 0.25) is 0 Å². The Morgan fingerprint density at radius 2 is 1.97 bits per heavy atom. The summed E-state index contributed by atoms with van der Waals surface area (Å²) in [5.41, 5.74) is 1.82. The molecule has 1 unspecified atom stereocenters. The summed E-state index contributed by atoms with van der Waals surface area (Å²) in [5.74, 6) is -0.439. The van der Waals surface area contributed by atoms with Crippen LogP contribution in [0.3, 0.4) is 0 Å². The molecule has 30 heavy (non-hydrogen) atoms. The molecule has 9 nitrogen and oxygen atoms in total. The van der Waals surface area contributed by atoms with Gasteiger partial charge in [-0.15, -0.1) is 0 Å². The third-order valence-corrected chi connectivity index (χ3v) is 5.93. The van der Waals surface area contributed by atoms with Gasteiger partial charge in [-0.1, -0.05) is 12.1 Å². The van der Waals surface area contributed by atoms with Crippen molar-refractivity contribution in [3.8, 4) is 0 Å². The zero-order valence-electron chi connectivity index (χ0n) is 16.2. The fourth-order valence-electron chi connectivity index (χ4n) is 3.17. The van der Waals surface area contributed by atoms with Crippen LogP contribution in [0.25, 0.3) is 5.65 Å². The number of rotatable bonds is 6. The van der Waals surface area contributed by atoms with Gasteiger partial charge in [0.1, 0.15) is 5.82 Å². The number of aromatic nitrogens is 5. The number of halogens is 1. The molecule has 2 N–H and O–H groups in total. The Bertz CT molecular complexity index is 1370. The second kappa shape index (κ2) is 7.50. The molecule has 4 rings (SSSR count). The van der Waals surface area contributed by atoms with Crippen molar-refractivity contribution in [3.05, 3.63) is 82.0 Å². The first-order chi connectivity index (χ1) is 14.2. The maximum absolute atomic E-state index is 13.4. The van der Waals surface area contributed by atoms with E-state index in [-0.39, 0.29) is 17.0 Å². The Morgan fingerprint density at radius 1 is 1.23 bits per heavy atom. The lowest BCUT2D eigenvalue weighted by atomic mass is 10.0. The molecule has 4 aromatic rings. The van der Waals surface area contributed by atoms with Crippen molar-refractivity contribution in [2.75, 3.05) is 0 Å². The second-order valence-corrected chi connectivity index (χ2v) is 8.69. The number of aryl methyl sites for hydroxylation is 2. The number of nitrogens with zero attached hydrogens (tertiary/aromatic N) is 4. The van der Waals surface area contributed by atoms with E-state index in [1.54, 1.807) is 20.0 Å². The standard InChI is InChI=1S/C19H19FN6O3S/c1-12-7-17-22-15(9-19(27)26(17)23-12)8-16(13-3-5-14(20)6-4-13)24-30(28,29)18-10-25(2)11-21-18/h3-7,9-11,16,23-24H,8H2,1-2H3. The van der Waals surface area contributed by atoms with Crippen molar-refractivity contribution in [2.24, 2.45) is 7.05 Å². The highest BCUT2D eigenvalue weighted by atomic mass is 32.2. The summed E-state index contributed by atoms with van der Waals surface area (Å²) in [6.45, 7) is 1.80. The predicted octanol–water partition coefficient (Wildman–Crippen LogP) is 1.47. The van der Waals surface area contributed by atoms with Crippen molar-refractivity contribution < 1.29 is 12.8 Å². The summed E-state index contributed by atoms with van der Waals surface area (Å²) >= 11 is 0. The molecule has 11 heteroatoms. The largest absolute Gasteiger partial charge is 0.339 e. The average molecular weight is 430 g/mol. The molecular weight excluding hydrogens is 411 g/mol. The quantitative estimate of drug-likeness (QED) is 0.481. The van der Waals surface area contributed by atoms with Crippen molar-refractivity contribution in [3.63, 3.8) is 0 Å². The highest BCUT2D eigenvalue weighted by Gasteiger charge is 2.24. The Morgan fingerprint density at radius 3 is 2.63 bits per heavy atom. The molecule has 3 aromatic heterocycles. The molecule has 3 heterocycles. The molecule has 0 spiro atoms. The monoisotopic (exact) mass is 430 g/mol. The lowest BCUT2D eigenvalue weighted by Gasteiger charge is -2.18. The van der Waals surface area contributed by atoms with Crippen LogP contribution in [0, 0.1) is 12.7 Å². The van der Waals surface area contributed by atoms with Gasteiger partial charge in [0.25, 0.3) is 15.6 Å². The molecule has 0 aliphatic heterocycles. The van der Waals surface area contributed by atoms with E-state index in [0.29, 0.717) is 16.9 Å². The number of H-pyrrole nitrogens is 1. The van der Waals surface area contributed by atoms with E-state index in [1.807, 2.05) is 0 Å². The van der Waals surface area contributed by atoms with Crippen molar-refractivity contribution in [1.82, 2.24) is 28.9 Å². The number of hydrogen-bond acceptors (Lipinski definition) is 5. The number of nitrogens with one attached hydrogen (secondary N) is 2. The van der Waals surface area contributed by atoms with E-state index in [9.17, 15) is 17.6 Å². The van der Waals surface area contributed by atoms with E-state index < -0.39 is 21.9 Å². The number of imidazole rings is 1. The van der Waals surface area contributed by atoms with E-state index >= 15 is 0 Å². The summed E-state index contributed by atoms with van der Waals surface area (Å²) < 4.78 is 44.5. The summed E-state index contributed by atoms with van der Waals surface area (Å²) in [5, 5.41) is 2.75. The summed E-state index contributed by atoms with van der Waals surface area (Å²) in [6.07, 6.45) is 2.85. The topological polar surface area (TPSA) is 114 Å². The van der Waals surface area contributed by atoms with E-state index in [2.05, 4.69) is 19.8 Å². The predicted molar refractivity (Wildman–Crippen MR) is 107 cm³/mol. The third kappa shape index (κ3) is 4.02. The highest BCUT2D eigenvalue weighted by molar-refractivity contribution is 7.89. The lowest BCUT2D eigenvalue weighted by molar-refractivity contribution is 0.549. The van der Waals surface area contributed by atoms with Crippen LogP contribution in [0.4, 0.5) is 4.39 Å². The molecule has 0 saturated heterocycles. The zero-order valence-corrected chi connectivity index (χ0v) is 17.0. The van der Waals surface area contributed by atoms with Gasteiger partial charge in [0, 0.05) is 37.5 Å². The van der Waals surface area contributed by atoms with Gasteiger partial charge >= 0.3 is 0 Å². The second-order valence-electron chi connectivity index (χ2n) is 7.03. The molecule has 0 radical (unpaired) electrons. The Balaban J connectivity index is 1.72. The number of hydrogen-bond donors (Lipinski definition) is 2. The molecular formula is C19H19FN6O3S. The van der Waals surface area contributed by atoms with Crippen LogP contribution >= 0.6 is 0 Å². The van der Waals surface area contributed by atoms with Crippen LogP contribution in [0.1, 0.15) is 23.0 Å². The summed E-state index contributed by atoms with van der Waals surface area (Å²) in [6, 6.07) is 7.76. The van der Waals surface area contributed by atoms with Gasteiger partial charge in [-0.3, -0.25) is 9.89 Å². The molecule has 0 aliphatic rings. The normalized spacial score (nSPS) is 13.0. The van der Waals surface area contributed by atoms with E-state index in [4.69, 9.17) is 0 Å². The first-order valence-electron chi connectivity index (χ1n) is 9.05. The minimum absolute atomic E-state index is 0.0909. The van der Waals surface area contributed by atoms with Crippen LogP contribution < -0.4 is 10.3 Å². The van der Waals surface area contributed by atoms with Crippen molar-refractivity contribution in [2.45, 2.75) is 24.4 Å². The van der Waals surface area contributed by atoms with Crippen LogP contribution in [-0.4, -0.2) is 32.6 Å². The number of aromatic amines is 1. The molecule has 0 saturated carbocycles. The van der Waals surface area contributed by atoms with Crippen LogP contribution in [-0.2, 0) is 23.5 Å². The van der Waals surface area contributed by atoms with Crippen LogP contribution in [0.15, 0.2) is 58.7 Å². The van der Waals surface area contributed by atoms with Gasteiger partial charge in [-0.25, -0.2) is 32.0 Å². The Hall–Kier alpha value is -3.31. The lowest BCUT2D eigenvalue weighted by Crippen LogP contribution is -2.31. The van der Waals surface area contributed by atoms with Crippen molar-refractivity contribution >= 4 is 15.7 Å². The molecule has 0 fully saturated rings. The van der Waals surface area contributed by atoms with Crippen LogP contribution in [0.5, 0.6) is 0 Å². The number of sulfonamides is 1. The van der Waals surface area contributed by atoms with E-state index in [1.165, 1.54) is 51.9 Å². The minimum Gasteiger partial charge on any atom is -0.339 e. The third-order valence-electron chi connectivity index (χ3n) is 4.57. The number of benzene rings is 1. The molecule has 1 atom stereocenters. The molecule has 1 aromatic carbocycles. The summed E-state index contributed by atoms with van der Waals surface area (Å²) in [4.78, 5) is 20.7. The first-order valence-corrected chi connectivity index (χ1v) is 10.5. The first kappa shape index (κ1) is 20.0. The van der Waals surface area contributed by atoms with Gasteiger partial charge in [-0.05, 0) is 24.6 Å². The molecule has 0 amide bonds. The Labute approximate surface area is 171 Å². The molecule has 0 aliphatic carbocycles. The van der Waals surface area contributed by atoms with Gasteiger partial charge in [-0.2, -0.15) is 0 Å². The fourth-order valence-corrected chi connectivity index (χ4v) is 4.38. The maximum Gasteiger partial charge on any atom is 0.272 e. The highest BCUT2D eigenvalue weighted by Crippen LogP contribution is 2.21. The van der Waals surface area contributed by atoms with Gasteiger partial charge in [0.05, 0.1) is 18.1 Å². The SMILES string of the molecule is Cc1cc2nc(CC(NS(=O)(=O)c3cn(C)cn3)c3ccc(F)cc3)cc(=O)n2[nH]1. The molecule has 0 bridgehead atoms.